The highest BCUT2D eigenvalue weighted by Crippen LogP contribution is 2.37. The van der Waals surface area contributed by atoms with Crippen molar-refractivity contribution in [2.75, 3.05) is 54.4 Å². The Morgan fingerprint density at radius 2 is 1.88 bits per heavy atom. The summed E-state index contributed by atoms with van der Waals surface area (Å²) in [6.07, 6.45) is 6.25. The van der Waals surface area contributed by atoms with Gasteiger partial charge in [-0.2, -0.15) is 0 Å². The van der Waals surface area contributed by atoms with E-state index in [1.165, 1.54) is 11.6 Å². The molecule has 0 saturated carbocycles. The van der Waals surface area contributed by atoms with Crippen molar-refractivity contribution in [1.82, 2.24) is 25.5 Å². The van der Waals surface area contributed by atoms with Gasteiger partial charge in [-0.3, -0.25) is 0 Å². The number of piperazine rings is 1. The van der Waals surface area contributed by atoms with E-state index in [4.69, 9.17) is 9.97 Å². The van der Waals surface area contributed by atoms with Gasteiger partial charge in [-0.05, 0) is 55.6 Å². The number of hydrogen-bond acceptors (Lipinski definition) is 9. The number of piperidine rings is 1. The fourth-order valence-electron chi connectivity index (χ4n) is 5.18. The SMILES string of the molecule is Oc1c(F)cccc1-c1cc2c(nn1)NC[C@@H]1CN(c3ncc(C4CCNCC4)cn3)CCN21. The van der Waals surface area contributed by atoms with E-state index in [1.54, 1.807) is 12.1 Å². The quantitative estimate of drug-likeness (QED) is 0.541. The number of phenolic OH excluding ortho intramolecular Hbond substituents is 1. The molecular formula is C24H27FN8O. The van der Waals surface area contributed by atoms with Crippen molar-refractivity contribution in [1.29, 1.82) is 0 Å². The number of phenols is 1. The van der Waals surface area contributed by atoms with Gasteiger partial charge in [-0.1, -0.05) is 6.07 Å². The number of rotatable bonds is 3. The van der Waals surface area contributed by atoms with E-state index < -0.39 is 11.6 Å². The topological polar surface area (TPSA) is 102 Å². The van der Waals surface area contributed by atoms with E-state index in [2.05, 4.69) is 30.6 Å². The summed E-state index contributed by atoms with van der Waals surface area (Å²) in [5.41, 5.74) is 2.91. The molecule has 0 aliphatic carbocycles. The molecule has 5 heterocycles. The molecule has 176 valence electrons. The van der Waals surface area contributed by atoms with E-state index in [1.807, 2.05) is 18.5 Å². The van der Waals surface area contributed by atoms with Crippen molar-refractivity contribution in [3.8, 4) is 17.0 Å². The van der Waals surface area contributed by atoms with Crippen LogP contribution in [-0.2, 0) is 0 Å². The summed E-state index contributed by atoms with van der Waals surface area (Å²) < 4.78 is 13.9. The van der Waals surface area contributed by atoms with Crippen molar-refractivity contribution < 1.29 is 9.50 Å². The molecule has 1 atom stereocenters. The lowest BCUT2D eigenvalue weighted by atomic mass is 9.92. The second kappa shape index (κ2) is 8.68. The highest BCUT2D eigenvalue weighted by Gasteiger charge is 2.34. The maximum Gasteiger partial charge on any atom is 0.225 e. The molecule has 2 fully saturated rings. The molecule has 0 unspecified atom stereocenters. The van der Waals surface area contributed by atoms with Crippen LogP contribution in [0.25, 0.3) is 11.3 Å². The fraction of sp³-hybridized carbons (Fsp3) is 0.417. The average Bonchev–Trinajstić information content (AvgIpc) is 2.90. The molecule has 0 radical (unpaired) electrons. The van der Waals surface area contributed by atoms with Gasteiger partial charge in [0.1, 0.15) is 0 Å². The number of halogens is 1. The third kappa shape index (κ3) is 3.77. The summed E-state index contributed by atoms with van der Waals surface area (Å²) in [5, 5.41) is 25.4. The highest BCUT2D eigenvalue weighted by molar-refractivity contribution is 5.76. The van der Waals surface area contributed by atoms with Gasteiger partial charge in [0.05, 0.1) is 17.4 Å². The molecule has 2 saturated heterocycles. The Balaban J connectivity index is 1.20. The van der Waals surface area contributed by atoms with E-state index in [0.29, 0.717) is 23.0 Å². The Morgan fingerprint density at radius 1 is 1.06 bits per heavy atom. The zero-order chi connectivity index (χ0) is 23.1. The molecule has 3 N–H and O–H groups in total. The Labute approximate surface area is 197 Å². The first-order valence-electron chi connectivity index (χ1n) is 11.8. The van der Waals surface area contributed by atoms with E-state index in [-0.39, 0.29) is 6.04 Å². The monoisotopic (exact) mass is 462 g/mol. The number of nitrogens with one attached hydrogen (secondary N) is 2. The Kier molecular flexibility index (Phi) is 5.37. The fourth-order valence-corrected chi connectivity index (χ4v) is 5.18. The molecule has 10 heteroatoms. The molecule has 0 amide bonds. The summed E-state index contributed by atoms with van der Waals surface area (Å²) in [6.45, 7) is 5.17. The second-order valence-electron chi connectivity index (χ2n) is 9.11. The molecule has 3 aliphatic heterocycles. The predicted octanol–water partition coefficient (Wildman–Crippen LogP) is 2.37. The van der Waals surface area contributed by atoms with Crippen molar-refractivity contribution in [3.63, 3.8) is 0 Å². The summed E-state index contributed by atoms with van der Waals surface area (Å²) in [4.78, 5) is 13.9. The molecular weight excluding hydrogens is 435 g/mol. The lowest BCUT2D eigenvalue weighted by molar-refractivity contribution is 0.434. The number of fused-ring (bicyclic) bond motifs is 3. The van der Waals surface area contributed by atoms with Gasteiger partial charge in [-0.25, -0.2) is 14.4 Å². The van der Waals surface area contributed by atoms with Crippen molar-refractivity contribution in [2.24, 2.45) is 0 Å². The van der Waals surface area contributed by atoms with Crippen molar-refractivity contribution >= 4 is 17.5 Å². The Bertz CT molecular complexity index is 1180. The molecule has 3 aliphatic rings. The summed E-state index contributed by atoms with van der Waals surface area (Å²) in [5.74, 6) is 0.923. The molecule has 0 bridgehead atoms. The maximum absolute atomic E-state index is 13.9. The molecule has 6 rings (SSSR count). The van der Waals surface area contributed by atoms with E-state index in [0.717, 1.165) is 63.7 Å². The lowest BCUT2D eigenvalue weighted by Crippen LogP contribution is -2.58. The van der Waals surface area contributed by atoms with Crippen LogP contribution in [0.1, 0.15) is 24.3 Å². The third-order valence-electron chi connectivity index (χ3n) is 7.09. The standard InChI is InChI=1S/C24H27FN8O/c25-19-3-1-2-18(22(19)34)20-10-21-23(31-30-20)27-13-17-14-32(8-9-33(17)21)24-28-11-16(12-29-24)15-4-6-26-7-5-15/h1-3,10-12,15,17,26,34H,4-9,13-14H2,(H,27,31)/t17-/m1/s1. The van der Waals surface area contributed by atoms with Crippen LogP contribution in [0, 0.1) is 5.82 Å². The van der Waals surface area contributed by atoms with Crippen molar-refractivity contribution in [2.45, 2.75) is 24.8 Å². The molecule has 1 aromatic carbocycles. The molecule has 9 nitrogen and oxygen atoms in total. The third-order valence-corrected chi connectivity index (χ3v) is 7.09. The van der Waals surface area contributed by atoms with Crippen LogP contribution >= 0.6 is 0 Å². The number of para-hydroxylation sites is 1. The molecule has 34 heavy (non-hydrogen) atoms. The molecule has 2 aromatic heterocycles. The summed E-state index contributed by atoms with van der Waals surface area (Å²) in [7, 11) is 0. The zero-order valence-corrected chi connectivity index (χ0v) is 18.8. The minimum absolute atomic E-state index is 0.201. The van der Waals surface area contributed by atoms with Gasteiger partial charge < -0.3 is 25.5 Å². The first-order chi connectivity index (χ1) is 16.7. The minimum Gasteiger partial charge on any atom is -0.504 e. The van der Waals surface area contributed by atoms with Crippen LogP contribution in [0.4, 0.5) is 21.8 Å². The summed E-state index contributed by atoms with van der Waals surface area (Å²) in [6, 6.07) is 6.50. The molecule has 3 aromatic rings. The number of anilines is 3. The Hall–Kier alpha value is -3.53. The number of aromatic hydroxyl groups is 1. The van der Waals surface area contributed by atoms with Gasteiger partial charge in [0.2, 0.25) is 5.95 Å². The number of aromatic nitrogens is 4. The van der Waals surface area contributed by atoms with Gasteiger partial charge in [0.25, 0.3) is 0 Å². The van der Waals surface area contributed by atoms with Crippen LogP contribution in [0.5, 0.6) is 5.75 Å². The first-order valence-corrected chi connectivity index (χ1v) is 11.8. The molecule has 0 spiro atoms. The number of benzene rings is 1. The van der Waals surface area contributed by atoms with Crippen LogP contribution in [0.3, 0.4) is 0 Å². The largest absolute Gasteiger partial charge is 0.504 e. The van der Waals surface area contributed by atoms with Gasteiger partial charge in [-0.15, -0.1) is 10.2 Å². The first kappa shape index (κ1) is 21.0. The second-order valence-corrected chi connectivity index (χ2v) is 9.11. The van der Waals surface area contributed by atoms with E-state index >= 15 is 0 Å². The lowest BCUT2D eigenvalue weighted by Gasteiger charge is -2.45. The Morgan fingerprint density at radius 3 is 2.71 bits per heavy atom. The normalized spacial score (nSPS) is 20.4. The number of nitrogens with zero attached hydrogens (tertiary/aromatic N) is 6. The summed E-state index contributed by atoms with van der Waals surface area (Å²) >= 11 is 0. The van der Waals surface area contributed by atoms with Crippen LogP contribution < -0.4 is 20.4 Å². The van der Waals surface area contributed by atoms with Gasteiger partial charge in [0, 0.05) is 44.1 Å². The number of hydrogen-bond donors (Lipinski definition) is 3. The van der Waals surface area contributed by atoms with Gasteiger partial charge >= 0.3 is 0 Å². The minimum atomic E-state index is -0.673. The van der Waals surface area contributed by atoms with Crippen LogP contribution in [-0.4, -0.2) is 70.6 Å². The highest BCUT2D eigenvalue weighted by atomic mass is 19.1. The van der Waals surface area contributed by atoms with Crippen LogP contribution in [0.2, 0.25) is 0 Å². The van der Waals surface area contributed by atoms with Crippen LogP contribution in [0.15, 0.2) is 36.7 Å². The predicted molar refractivity (Wildman–Crippen MR) is 128 cm³/mol. The maximum atomic E-state index is 13.9. The van der Waals surface area contributed by atoms with Crippen molar-refractivity contribution in [3.05, 3.63) is 48.0 Å². The van der Waals surface area contributed by atoms with Gasteiger partial charge in [0.15, 0.2) is 17.4 Å². The van der Waals surface area contributed by atoms with E-state index in [9.17, 15) is 9.50 Å². The average molecular weight is 463 g/mol. The zero-order valence-electron chi connectivity index (χ0n) is 18.8. The smallest absolute Gasteiger partial charge is 0.225 e.